The molecule has 21 heavy (non-hydrogen) atoms. The molecule has 8 heteroatoms. The predicted octanol–water partition coefficient (Wildman–Crippen LogP) is 1.47. The van der Waals surface area contributed by atoms with Gasteiger partial charge in [0, 0.05) is 0 Å². The van der Waals surface area contributed by atoms with E-state index in [0.29, 0.717) is 16.6 Å². The SMILES string of the molecule is CCOc1cc(C=C2C(=O)NC(=S)NC2=O)cc(Br)c1O. The molecule has 2 amide bonds. The molecule has 0 saturated carbocycles. The van der Waals surface area contributed by atoms with Crippen LogP contribution in [0.3, 0.4) is 0 Å². The molecule has 3 N–H and O–H groups in total. The summed E-state index contributed by atoms with van der Waals surface area (Å²) in [5.74, 6) is -0.944. The summed E-state index contributed by atoms with van der Waals surface area (Å²) in [7, 11) is 0. The number of phenols is 1. The quantitative estimate of drug-likeness (QED) is 0.426. The van der Waals surface area contributed by atoms with Gasteiger partial charge < -0.3 is 9.84 Å². The van der Waals surface area contributed by atoms with Crippen LogP contribution >= 0.6 is 28.1 Å². The van der Waals surface area contributed by atoms with E-state index in [1.807, 2.05) is 0 Å². The van der Waals surface area contributed by atoms with E-state index in [0.717, 1.165) is 0 Å². The highest BCUT2D eigenvalue weighted by Crippen LogP contribution is 2.36. The van der Waals surface area contributed by atoms with Crippen LogP contribution in [0.2, 0.25) is 0 Å². The van der Waals surface area contributed by atoms with Gasteiger partial charge in [0.25, 0.3) is 11.8 Å². The number of rotatable bonds is 3. The average molecular weight is 371 g/mol. The zero-order valence-corrected chi connectivity index (χ0v) is 13.3. The first-order valence-electron chi connectivity index (χ1n) is 5.96. The number of thiocarbonyl (C=S) groups is 1. The van der Waals surface area contributed by atoms with Gasteiger partial charge in [-0.25, -0.2) is 0 Å². The Bertz CT molecular complexity index is 650. The van der Waals surface area contributed by atoms with Crippen molar-refractivity contribution in [2.75, 3.05) is 6.61 Å². The third-order valence-corrected chi connectivity index (χ3v) is 3.41. The van der Waals surface area contributed by atoms with E-state index in [-0.39, 0.29) is 22.2 Å². The maximum Gasteiger partial charge on any atom is 0.263 e. The molecular weight excluding hydrogens is 360 g/mol. The van der Waals surface area contributed by atoms with Gasteiger partial charge in [-0.2, -0.15) is 0 Å². The lowest BCUT2D eigenvalue weighted by molar-refractivity contribution is -0.123. The molecule has 1 heterocycles. The largest absolute Gasteiger partial charge is 0.503 e. The van der Waals surface area contributed by atoms with Crippen molar-refractivity contribution in [3.8, 4) is 11.5 Å². The fraction of sp³-hybridized carbons (Fsp3) is 0.154. The summed E-state index contributed by atoms with van der Waals surface area (Å²) < 4.78 is 5.68. The maximum absolute atomic E-state index is 11.8. The van der Waals surface area contributed by atoms with Crippen LogP contribution in [0.15, 0.2) is 22.2 Å². The van der Waals surface area contributed by atoms with Gasteiger partial charge in [0.1, 0.15) is 5.57 Å². The Morgan fingerprint density at radius 2 is 1.95 bits per heavy atom. The van der Waals surface area contributed by atoms with E-state index < -0.39 is 11.8 Å². The number of hydrogen-bond donors (Lipinski definition) is 3. The molecule has 1 aromatic rings. The Morgan fingerprint density at radius 3 is 2.52 bits per heavy atom. The van der Waals surface area contributed by atoms with Crippen molar-refractivity contribution in [3.63, 3.8) is 0 Å². The Labute approximate surface area is 134 Å². The van der Waals surface area contributed by atoms with Gasteiger partial charge in [-0.1, -0.05) is 0 Å². The molecule has 1 aliphatic rings. The Hall–Kier alpha value is -1.93. The fourth-order valence-corrected chi connectivity index (χ4v) is 2.36. The number of carbonyl (C=O) groups is 2. The molecule has 0 bridgehead atoms. The first-order chi connectivity index (χ1) is 9.92. The van der Waals surface area contributed by atoms with Crippen molar-refractivity contribution in [1.29, 1.82) is 0 Å². The molecule has 0 spiro atoms. The van der Waals surface area contributed by atoms with Gasteiger partial charge >= 0.3 is 0 Å². The van der Waals surface area contributed by atoms with Gasteiger partial charge in [-0.3, -0.25) is 20.2 Å². The van der Waals surface area contributed by atoms with E-state index in [4.69, 9.17) is 17.0 Å². The highest BCUT2D eigenvalue weighted by atomic mass is 79.9. The molecule has 1 aromatic carbocycles. The van der Waals surface area contributed by atoms with Crippen LogP contribution in [0.4, 0.5) is 0 Å². The number of benzene rings is 1. The van der Waals surface area contributed by atoms with Crippen molar-refractivity contribution in [3.05, 3.63) is 27.7 Å². The molecule has 0 unspecified atom stereocenters. The molecular formula is C13H11BrN2O4S. The summed E-state index contributed by atoms with van der Waals surface area (Å²) >= 11 is 7.91. The van der Waals surface area contributed by atoms with Gasteiger partial charge in [-0.15, -0.1) is 0 Å². The molecule has 1 aliphatic heterocycles. The minimum absolute atomic E-state index is 0.0240. The van der Waals surface area contributed by atoms with Crippen molar-refractivity contribution < 1.29 is 19.4 Å². The van der Waals surface area contributed by atoms with Crippen LogP contribution in [-0.2, 0) is 9.59 Å². The van der Waals surface area contributed by atoms with Crippen LogP contribution in [0.1, 0.15) is 12.5 Å². The van der Waals surface area contributed by atoms with Gasteiger partial charge in [0.15, 0.2) is 16.6 Å². The van der Waals surface area contributed by atoms with E-state index >= 15 is 0 Å². The molecule has 0 atom stereocenters. The second-order valence-corrected chi connectivity index (χ2v) is 5.34. The van der Waals surface area contributed by atoms with E-state index in [9.17, 15) is 14.7 Å². The van der Waals surface area contributed by atoms with Crippen LogP contribution in [-0.4, -0.2) is 28.6 Å². The number of halogens is 1. The summed E-state index contributed by atoms with van der Waals surface area (Å²) in [6, 6.07) is 3.10. The molecule has 0 aliphatic carbocycles. The smallest absolute Gasteiger partial charge is 0.263 e. The molecule has 6 nitrogen and oxygen atoms in total. The summed E-state index contributed by atoms with van der Waals surface area (Å²) in [6.07, 6.45) is 1.39. The number of hydrogen-bond acceptors (Lipinski definition) is 5. The molecule has 1 saturated heterocycles. The number of ether oxygens (including phenoxy) is 1. The second-order valence-electron chi connectivity index (χ2n) is 4.08. The van der Waals surface area contributed by atoms with Crippen molar-refractivity contribution in [2.45, 2.75) is 6.92 Å². The summed E-state index contributed by atoms with van der Waals surface area (Å²) in [5.41, 5.74) is 0.444. The van der Waals surface area contributed by atoms with Crippen LogP contribution in [0.25, 0.3) is 6.08 Å². The number of aromatic hydroxyl groups is 1. The first-order valence-corrected chi connectivity index (χ1v) is 7.16. The lowest BCUT2D eigenvalue weighted by Gasteiger charge is -2.16. The van der Waals surface area contributed by atoms with Crippen molar-refractivity contribution in [2.24, 2.45) is 0 Å². The number of nitrogens with one attached hydrogen (secondary N) is 2. The average Bonchev–Trinajstić information content (AvgIpc) is 2.39. The molecule has 1 fully saturated rings. The third kappa shape index (κ3) is 3.40. The Morgan fingerprint density at radius 1 is 1.33 bits per heavy atom. The van der Waals surface area contributed by atoms with Crippen LogP contribution in [0, 0.1) is 0 Å². The highest BCUT2D eigenvalue weighted by molar-refractivity contribution is 9.10. The lowest BCUT2D eigenvalue weighted by atomic mass is 10.1. The van der Waals surface area contributed by atoms with Gasteiger partial charge in [0.05, 0.1) is 11.1 Å². The molecule has 0 aromatic heterocycles. The summed E-state index contributed by atoms with van der Waals surface area (Å²) in [4.78, 5) is 23.5. The standard InChI is InChI=1S/C13H11BrN2O4S/c1-2-20-9-5-6(4-8(14)10(9)17)3-7-11(18)15-13(21)16-12(7)19/h3-5,17H,2H2,1H3,(H2,15,16,18,19,21). The number of carbonyl (C=O) groups excluding carboxylic acids is 2. The minimum Gasteiger partial charge on any atom is -0.503 e. The van der Waals surface area contributed by atoms with E-state index in [1.165, 1.54) is 12.1 Å². The summed E-state index contributed by atoms with van der Waals surface area (Å²) in [6.45, 7) is 2.15. The molecule has 0 radical (unpaired) electrons. The summed E-state index contributed by atoms with van der Waals surface area (Å²) in [5, 5.41) is 14.5. The lowest BCUT2D eigenvalue weighted by Crippen LogP contribution is -2.51. The highest BCUT2D eigenvalue weighted by Gasteiger charge is 2.25. The Balaban J connectivity index is 2.42. The third-order valence-electron chi connectivity index (χ3n) is 2.60. The monoisotopic (exact) mass is 370 g/mol. The van der Waals surface area contributed by atoms with Gasteiger partial charge in [0.2, 0.25) is 0 Å². The molecule has 2 rings (SSSR count). The van der Waals surface area contributed by atoms with Gasteiger partial charge in [-0.05, 0) is 58.8 Å². The predicted molar refractivity (Wildman–Crippen MR) is 83.8 cm³/mol. The van der Waals surface area contributed by atoms with E-state index in [1.54, 1.807) is 13.0 Å². The van der Waals surface area contributed by atoms with Crippen molar-refractivity contribution >= 4 is 51.2 Å². The van der Waals surface area contributed by atoms with Crippen LogP contribution in [0.5, 0.6) is 11.5 Å². The van der Waals surface area contributed by atoms with E-state index in [2.05, 4.69) is 26.6 Å². The molecule has 110 valence electrons. The topological polar surface area (TPSA) is 87.7 Å². The normalized spacial score (nSPS) is 14.6. The first kappa shape index (κ1) is 15.5. The zero-order valence-electron chi connectivity index (χ0n) is 10.9. The second kappa shape index (κ2) is 6.23. The number of amides is 2. The number of phenolic OH excluding ortho intramolecular Hbond substituents is 1. The van der Waals surface area contributed by atoms with Crippen molar-refractivity contribution in [1.82, 2.24) is 10.6 Å². The minimum atomic E-state index is -0.578. The van der Waals surface area contributed by atoms with Crippen LogP contribution < -0.4 is 15.4 Å². The zero-order chi connectivity index (χ0) is 15.6. The fourth-order valence-electron chi connectivity index (χ4n) is 1.72. The maximum atomic E-state index is 11.8. The Kier molecular flexibility index (Phi) is 4.59.